The summed E-state index contributed by atoms with van der Waals surface area (Å²) in [4.78, 5) is 0. The maximum Gasteiger partial charge on any atom is 0.0863 e. The van der Waals surface area contributed by atoms with Gasteiger partial charge in [0.25, 0.3) is 0 Å². The average Bonchev–Trinajstić information content (AvgIpc) is 2.76. The molecule has 0 atom stereocenters. The van der Waals surface area contributed by atoms with E-state index in [-0.39, 0.29) is 0 Å². The molecule has 0 amide bonds. The molecule has 0 spiro atoms. The summed E-state index contributed by atoms with van der Waals surface area (Å²) in [6.45, 7) is 2.01. The lowest BCUT2D eigenvalue weighted by molar-refractivity contribution is 0.652. The topological polar surface area (TPSA) is 30.7 Å². The predicted octanol–water partition coefficient (Wildman–Crippen LogP) is 3.11. The summed E-state index contributed by atoms with van der Waals surface area (Å²) < 4.78 is 1.96. The molecular formula is C13H14ClN3. The van der Waals surface area contributed by atoms with Gasteiger partial charge in [-0.25, -0.2) is 4.68 Å². The van der Waals surface area contributed by atoms with Crippen LogP contribution in [0.3, 0.4) is 0 Å². The molecule has 1 heterocycles. The van der Waals surface area contributed by atoms with Crippen molar-refractivity contribution in [3.63, 3.8) is 0 Å². The van der Waals surface area contributed by atoms with Crippen LogP contribution in [-0.4, -0.2) is 15.0 Å². The standard InChI is InChI=1S/C13H14ClN3/c1-9-8-10(6-7-11(9)14)17-13-5-3-2-4-12(13)15-16-17/h6-8H,2-5H2,1H3. The number of hydrogen-bond donors (Lipinski definition) is 0. The molecule has 0 N–H and O–H groups in total. The van der Waals surface area contributed by atoms with Crippen molar-refractivity contribution < 1.29 is 0 Å². The first-order chi connectivity index (χ1) is 8.25. The van der Waals surface area contributed by atoms with Gasteiger partial charge in [0.1, 0.15) is 0 Å². The molecule has 1 aromatic carbocycles. The van der Waals surface area contributed by atoms with E-state index in [0.717, 1.165) is 34.8 Å². The number of fused-ring (bicyclic) bond motifs is 1. The largest absolute Gasteiger partial charge is 0.217 e. The van der Waals surface area contributed by atoms with Crippen LogP contribution in [0.1, 0.15) is 29.8 Å². The van der Waals surface area contributed by atoms with E-state index in [4.69, 9.17) is 11.6 Å². The van der Waals surface area contributed by atoms with Crippen LogP contribution in [0.2, 0.25) is 5.02 Å². The smallest absolute Gasteiger partial charge is 0.0863 e. The molecule has 0 fully saturated rings. The Kier molecular flexibility index (Phi) is 2.63. The molecule has 1 aliphatic carbocycles. The Morgan fingerprint density at radius 3 is 2.88 bits per heavy atom. The molecule has 1 aromatic heterocycles. The molecule has 2 aromatic rings. The molecule has 0 saturated carbocycles. The van der Waals surface area contributed by atoms with Crippen molar-refractivity contribution in [3.8, 4) is 5.69 Å². The Balaban J connectivity index is 2.09. The van der Waals surface area contributed by atoms with Gasteiger partial charge in [0.15, 0.2) is 0 Å². The van der Waals surface area contributed by atoms with Gasteiger partial charge in [-0.05, 0) is 56.4 Å². The Bertz CT molecular complexity index is 560. The first-order valence-electron chi connectivity index (χ1n) is 5.95. The highest BCUT2D eigenvalue weighted by molar-refractivity contribution is 6.31. The number of aromatic nitrogens is 3. The lowest BCUT2D eigenvalue weighted by Gasteiger charge is -2.12. The summed E-state index contributed by atoms with van der Waals surface area (Å²) >= 11 is 6.04. The van der Waals surface area contributed by atoms with E-state index < -0.39 is 0 Å². The minimum absolute atomic E-state index is 0.794. The Morgan fingerprint density at radius 2 is 2.06 bits per heavy atom. The van der Waals surface area contributed by atoms with Crippen molar-refractivity contribution in [1.82, 2.24) is 15.0 Å². The van der Waals surface area contributed by atoms with Crippen LogP contribution in [0.15, 0.2) is 18.2 Å². The molecular weight excluding hydrogens is 234 g/mol. The zero-order chi connectivity index (χ0) is 11.8. The highest BCUT2D eigenvalue weighted by Gasteiger charge is 2.17. The van der Waals surface area contributed by atoms with Crippen molar-refractivity contribution in [3.05, 3.63) is 40.2 Å². The molecule has 0 saturated heterocycles. The summed E-state index contributed by atoms with van der Waals surface area (Å²) in [6, 6.07) is 5.98. The molecule has 1 aliphatic rings. The molecule has 3 rings (SSSR count). The number of aryl methyl sites for hydroxylation is 2. The first-order valence-corrected chi connectivity index (χ1v) is 6.33. The number of benzene rings is 1. The average molecular weight is 248 g/mol. The molecule has 0 radical (unpaired) electrons. The Morgan fingerprint density at radius 1 is 1.24 bits per heavy atom. The van der Waals surface area contributed by atoms with Crippen LogP contribution in [-0.2, 0) is 12.8 Å². The van der Waals surface area contributed by atoms with E-state index in [1.807, 2.05) is 23.7 Å². The zero-order valence-corrected chi connectivity index (χ0v) is 10.5. The van der Waals surface area contributed by atoms with Crippen molar-refractivity contribution in [2.75, 3.05) is 0 Å². The predicted molar refractivity (Wildman–Crippen MR) is 67.7 cm³/mol. The zero-order valence-electron chi connectivity index (χ0n) is 9.78. The van der Waals surface area contributed by atoms with Crippen LogP contribution in [0.5, 0.6) is 0 Å². The maximum atomic E-state index is 6.04. The van der Waals surface area contributed by atoms with Gasteiger partial charge in [0.2, 0.25) is 0 Å². The van der Waals surface area contributed by atoms with Crippen molar-refractivity contribution in [1.29, 1.82) is 0 Å². The second kappa shape index (κ2) is 4.15. The van der Waals surface area contributed by atoms with E-state index in [2.05, 4.69) is 16.4 Å². The molecule has 0 unspecified atom stereocenters. The van der Waals surface area contributed by atoms with E-state index in [0.29, 0.717) is 0 Å². The van der Waals surface area contributed by atoms with Gasteiger partial charge in [-0.3, -0.25) is 0 Å². The second-order valence-electron chi connectivity index (χ2n) is 4.54. The second-order valence-corrected chi connectivity index (χ2v) is 4.94. The van der Waals surface area contributed by atoms with Gasteiger partial charge in [0.05, 0.1) is 17.1 Å². The highest BCUT2D eigenvalue weighted by atomic mass is 35.5. The fourth-order valence-electron chi connectivity index (χ4n) is 2.33. The lowest BCUT2D eigenvalue weighted by Crippen LogP contribution is -2.07. The van der Waals surface area contributed by atoms with E-state index >= 15 is 0 Å². The Hall–Kier alpha value is -1.35. The van der Waals surface area contributed by atoms with Crippen molar-refractivity contribution >= 4 is 11.6 Å². The van der Waals surface area contributed by atoms with E-state index in [9.17, 15) is 0 Å². The van der Waals surface area contributed by atoms with Gasteiger partial charge in [-0.15, -0.1) is 5.10 Å². The van der Waals surface area contributed by atoms with Crippen molar-refractivity contribution in [2.45, 2.75) is 32.6 Å². The van der Waals surface area contributed by atoms with Gasteiger partial charge < -0.3 is 0 Å². The molecule has 0 bridgehead atoms. The summed E-state index contributed by atoms with van der Waals surface area (Å²) in [6.07, 6.45) is 4.59. The molecule has 4 heteroatoms. The third-order valence-electron chi connectivity index (χ3n) is 3.31. The third kappa shape index (κ3) is 1.84. The van der Waals surface area contributed by atoms with Crippen LogP contribution in [0.4, 0.5) is 0 Å². The fourth-order valence-corrected chi connectivity index (χ4v) is 2.45. The summed E-state index contributed by atoms with van der Waals surface area (Å²) in [7, 11) is 0. The molecule has 17 heavy (non-hydrogen) atoms. The number of hydrogen-bond acceptors (Lipinski definition) is 2. The number of rotatable bonds is 1. The SMILES string of the molecule is Cc1cc(-n2nnc3c2CCCC3)ccc1Cl. The van der Waals surface area contributed by atoms with Gasteiger partial charge >= 0.3 is 0 Å². The van der Waals surface area contributed by atoms with Gasteiger partial charge in [0, 0.05) is 5.02 Å². The lowest BCUT2D eigenvalue weighted by atomic mass is 10.0. The monoisotopic (exact) mass is 247 g/mol. The van der Waals surface area contributed by atoms with Crippen LogP contribution >= 0.6 is 11.6 Å². The van der Waals surface area contributed by atoms with Gasteiger partial charge in [-0.2, -0.15) is 0 Å². The molecule has 88 valence electrons. The van der Waals surface area contributed by atoms with Crippen LogP contribution in [0.25, 0.3) is 5.69 Å². The van der Waals surface area contributed by atoms with E-state index in [1.54, 1.807) is 0 Å². The minimum Gasteiger partial charge on any atom is -0.217 e. The summed E-state index contributed by atoms with van der Waals surface area (Å²) in [5.74, 6) is 0. The minimum atomic E-state index is 0.794. The molecule has 3 nitrogen and oxygen atoms in total. The Labute approximate surface area is 105 Å². The van der Waals surface area contributed by atoms with Crippen molar-refractivity contribution in [2.24, 2.45) is 0 Å². The van der Waals surface area contributed by atoms with Crippen LogP contribution < -0.4 is 0 Å². The summed E-state index contributed by atoms with van der Waals surface area (Å²) in [5, 5.41) is 9.32. The number of nitrogens with zero attached hydrogens (tertiary/aromatic N) is 3. The maximum absolute atomic E-state index is 6.04. The first kappa shape index (κ1) is 10.8. The van der Waals surface area contributed by atoms with Gasteiger partial charge in [-0.1, -0.05) is 16.8 Å². The third-order valence-corrected chi connectivity index (χ3v) is 3.73. The quantitative estimate of drug-likeness (QED) is 0.775. The number of halogens is 1. The highest BCUT2D eigenvalue weighted by Crippen LogP contribution is 2.24. The fraction of sp³-hybridized carbons (Fsp3) is 0.385. The van der Waals surface area contributed by atoms with Crippen LogP contribution in [0, 0.1) is 6.92 Å². The molecule has 0 aliphatic heterocycles. The normalized spacial score (nSPS) is 14.7. The van der Waals surface area contributed by atoms with E-state index in [1.165, 1.54) is 18.5 Å². The summed E-state index contributed by atoms with van der Waals surface area (Å²) in [5.41, 5.74) is 4.55.